The molecular formula is C96H62N2S2. The summed E-state index contributed by atoms with van der Waals surface area (Å²) >= 11 is 3.77. The maximum Gasteiger partial charge on any atom is 0.0468 e. The smallest absolute Gasteiger partial charge is 0.0468 e. The van der Waals surface area contributed by atoms with Crippen LogP contribution in [0.4, 0.5) is 34.1 Å². The van der Waals surface area contributed by atoms with Gasteiger partial charge >= 0.3 is 0 Å². The Labute approximate surface area is 588 Å². The SMILES string of the molecule is c1ccc(-c2ccc(N(c3ccc(-c4cc5ccccc5c5ccccc45)cc3)c3ccc4c(ccc5c6ccccc6sc45)c3)cc2)cc1.c1ccc(-c2cccc(N(c3ccc(-c4ccc5c(ccc6ccccc65)c4)cc3)c3ccc4c(ccc5c6ccccc6sc45)c3)c2)cc1. The van der Waals surface area contributed by atoms with Crippen molar-refractivity contribution in [2.45, 2.75) is 0 Å². The third kappa shape index (κ3) is 10.6. The van der Waals surface area contributed by atoms with E-state index in [0.29, 0.717) is 0 Å². The van der Waals surface area contributed by atoms with Crippen molar-refractivity contribution >= 4 is 162 Å². The molecule has 0 aliphatic rings. The molecule has 0 aliphatic carbocycles. The minimum absolute atomic E-state index is 1.12. The highest BCUT2D eigenvalue weighted by Crippen LogP contribution is 2.46. The Morgan fingerprint density at radius 3 is 1.09 bits per heavy atom. The third-order valence-electron chi connectivity index (χ3n) is 20.1. The Hall–Kier alpha value is -12.4. The summed E-state index contributed by atoms with van der Waals surface area (Å²) in [4.78, 5) is 4.77. The fourth-order valence-corrected chi connectivity index (χ4v) is 17.6. The summed E-state index contributed by atoms with van der Waals surface area (Å²) in [5, 5.41) is 20.6. The lowest BCUT2D eigenvalue weighted by Crippen LogP contribution is -2.10. The molecule has 468 valence electrons. The topological polar surface area (TPSA) is 6.48 Å². The Kier molecular flexibility index (Phi) is 14.7. The van der Waals surface area contributed by atoms with E-state index in [1.807, 2.05) is 22.7 Å². The molecule has 2 aromatic heterocycles. The molecular weight excluding hydrogens is 1250 g/mol. The molecule has 0 spiro atoms. The Balaban J connectivity index is 0.000000139. The maximum absolute atomic E-state index is 2.39. The van der Waals surface area contributed by atoms with E-state index < -0.39 is 0 Å². The lowest BCUT2D eigenvalue weighted by molar-refractivity contribution is 1.29. The van der Waals surface area contributed by atoms with Gasteiger partial charge in [-0.25, -0.2) is 0 Å². The van der Waals surface area contributed by atoms with Crippen molar-refractivity contribution < 1.29 is 0 Å². The highest BCUT2D eigenvalue weighted by atomic mass is 32.1. The average Bonchev–Trinajstić information content (AvgIpc) is 1.23. The van der Waals surface area contributed by atoms with Gasteiger partial charge in [-0.3, -0.25) is 0 Å². The van der Waals surface area contributed by atoms with Gasteiger partial charge in [-0.1, -0.05) is 279 Å². The van der Waals surface area contributed by atoms with Crippen LogP contribution in [0.5, 0.6) is 0 Å². The second-order valence-corrected chi connectivity index (χ2v) is 28.0. The zero-order valence-electron chi connectivity index (χ0n) is 54.5. The van der Waals surface area contributed by atoms with Gasteiger partial charge in [0.2, 0.25) is 0 Å². The molecule has 0 atom stereocenters. The molecule has 18 aromatic carbocycles. The second kappa shape index (κ2) is 24.9. The largest absolute Gasteiger partial charge is 0.310 e. The molecule has 2 nitrogen and oxygen atoms in total. The fraction of sp³-hybridized carbons (Fsp3) is 0. The van der Waals surface area contributed by atoms with Gasteiger partial charge in [-0.05, 0) is 206 Å². The van der Waals surface area contributed by atoms with Gasteiger partial charge in [0.05, 0.1) is 0 Å². The van der Waals surface area contributed by atoms with Crippen LogP contribution in [0.3, 0.4) is 0 Å². The number of rotatable bonds is 10. The monoisotopic (exact) mass is 1310 g/mol. The number of nitrogens with zero attached hydrogens (tertiary/aromatic N) is 2. The van der Waals surface area contributed by atoms with Gasteiger partial charge in [0.1, 0.15) is 0 Å². The van der Waals surface area contributed by atoms with Crippen LogP contribution >= 0.6 is 22.7 Å². The van der Waals surface area contributed by atoms with Gasteiger partial charge in [0.25, 0.3) is 0 Å². The molecule has 0 saturated carbocycles. The Morgan fingerprint density at radius 1 is 0.160 bits per heavy atom. The predicted octanol–water partition coefficient (Wildman–Crippen LogP) is 28.6. The summed E-state index contributed by atoms with van der Waals surface area (Å²) < 4.78 is 5.36. The third-order valence-corrected chi connectivity index (χ3v) is 22.5. The van der Waals surface area contributed by atoms with Crippen molar-refractivity contribution in [2.24, 2.45) is 0 Å². The van der Waals surface area contributed by atoms with Gasteiger partial charge in [-0.15, -0.1) is 22.7 Å². The van der Waals surface area contributed by atoms with Crippen LogP contribution in [-0.2, 0) is 0 Å². The van der Waals surface area contributed by atoms with E-state index in [1.165, 1.54) is 149 Å². The molecule has 0 unspecified atom stereocenters. The highest BCUT2D eigenvalue weighted by Gasteiger charge is 2.20. The molecule has 100 heavy (non-hydrogen) atoms. The van der Waals surface area contributed by atoms with Crippen molar-refractivity contribution in [3.8, 4) is 44.5 Å². The molecule has 0 saturated heterocycles. The first-order chi connectivity index (χ1) is 49.5. The van der Waals surface area contributed by atoms with Gasteiger partial charge in [0, 0.05) is 74.5 Å². The highest BCUT2D eigenvalue weighted by molar-refractivity contribution is 7.27. The molecule has 0 N–H and O–H groups in total. The van der Waals surface area contributed by atoms with E-state index in [-0.39, 0.29) is 0 Å². The summed E-state index contributed by atoms with van der Waals surface area (Å²) in [7, 11) is 0. The first kappa shape index (κ1) is 58.9. The van der Waals surface area contributed by atoms with Crippen molar-refractivity contribution in [3.05, 3.63) is 376 Å². The van der Waals surface area contributed by atoms with Gasteiger partial charge in [0.15, 0.2) is 0 Å². The van der Waals surface area contributed by atoms with Crippen LogP contribution < -0.4 is 9.80 Å². The molecule has 20 rings (SSSR count). The van der Waals surface area contributed by atoms with Crippen LogP contribution in [0.1, 0.15) is 0 Å². The first-order valence-corrected chi connectivity index (χ1v) is 35.8. The average molecular weight is 1310 g/mol. The number of hydrogen-bond donors (Lipinski definition) is 0. The first-order valence-electron chi connectivity index (χ1n) is 34.2. The molecule has 4 heteroatoms. The van der Waals surface area contributed by atoms with E-state index in [9.17, 15) is 0 Å². The maximum atomic E-state index is 2.39. The van der Waals surface area contributed by atoms with E-state index in [1.54, 1.807) is 0 Å². The van der Waals surface area contributed by atoms with Crippen molar-refractivity contribution in [1.29, 1.82) is 0 Å². The Bertz CT molecular complexity index is 6510. The van der Waals surface area contributed by atoms with Crippen LogP contribution in [0.25, 0.3) is 149 Å². The van der Waals surface area contributed by atoms with E-state index in [4.69, 9.17) is 0 Å². The van der Waals surface area contributed by atoms with Crippen LogP contribution in [0.15, 0.2) is 376 Å². The van der Waals surface area contributed by atoms with Crippen LogP contribution in [0, 0.1) is 0 Å². The second-order valence-electron chi connectivity index (χ2n) is 25.9. The summed E-state index contributed by atoms with van der Waals surface area (Å²) in [6, 6.07) is 137. The van der Waals surface area contributed by atoms with Crippen LogP contribution in [-0.4, -0.2) is 0 Å². The zero-order valence-corrected chi connectivity index (χ0v) is 56.1. The number of thiophene rings is 2. The van der Waals surface area contributed by atoms with Crippen molar-refractivity contribution in [1.82, 2.24) is 0 Å². The fourth-order valence-electron chi connectivity index (χ4n) is 15.1. The van der Waals surface area contributed by atoms with Gasteiger partial charge in [-0.2, -0.15) is 0 Å². The van der Waals surface area contributed by atoms with Crippen molar-refractivity contribution in [3.63, 3.8) is 0 Å². The van der Waals surface area contributed by atoms with Gasteiger partial charge < -0.3 is 9.80 Å². The summed E-state index contributed by atoms with van der Waals surface area (Å²) in [5.74, 6) is 0. The summed E-state index contributed by atoms with van der Waals surface area (Å²) in [6.07, 6.45) is 0. The number of fused-ring (bicyclic) bond motifs is 16. The summed E-state index contributed by atoms with van der Waals surface area (Å²) in [5.41, 5.74) is 16.5. The summed E-state index contributed by atoms with van der Waals surface area (Å²) in [6.45, 7) is 0. The standard InChI is InChI=1S/2C48H31NS/c1-2-10-32(11-3-1)33-18-23-37(24-19-33)49(39-27-29-41-36(30-39)22-28-45-44-16-8-9-17-47(44)50-48(41)45)38-25-20-34(21-26-38)46-31-35-12-4-5-13-40(35)42-14-6-7-15-43(42)46;1-2-9-32(10-3-1)35-12-8-13-40(30-35)49(41-25-28-44-38(31-41)22-27-46-45-15-6-7-16-47(45)50-48(44)46)39-23-19-33(20-24-39)36-21-26-43-37(29-36)18-17-34-11-4-5-14-42(34)43/h2*1-31H. The lowest BCUT2D eigenvalue weighted by atomic mass is 9.93. The minimum Gasteiger partial charge on any atom is -0.310 e. The zero-order chi connectivity index (χ0) is 66.0. The predicted molar refractivity (Wildman–Crippen MR) is 435 cm³/mol. The quantitative estimate of drug-likeness (QED) is 0.126. The number of anilines is 6. The molecule has 2 heterocycles. The van der Waals surface area contributed by atoms with E-state index in [2.05, 4.69) is 386 Å². The normalized spacial score (nSPS) is 11.6. The minimum atomic E-state index is 1.12. The number of benzene rings is 18. The molecule has 0 radical (unpaired) electrons. The lowest BCUT2D eigenvalue weighted by Gasteiger charge is -2.26. The Morgan fingerprint density at radius 2 is 0.500 bits per heavy atom. The van der Waals surface area contributed by atoms with E-state index in [0.717, 1.165) is 34.1 Å². The number of hydrogen-bond acceptors (Lipinski definition) is 4. The molecule has 20 aromatic rings. The van der Waals surface area contributed by atoms with Crippen molar-refractivity contribution in [2.75, 3.05) is 9.80 Å². The van der Waals surface area contributed by atoms with Crippen LogP contribution in [0.2, 0.25) is 0 Å². The molecule has 0 amide bonds. The molecule has 0 fully saturated rings. The molecule has 0 bridgehead atoms. The molecule has 0 aliphatic heterocycles. The van der Waals surface area contributed by atoms with E-state index >= 15 is 0 Å².